The van der Waals surface area contributed by atoms with Crippen LogP contribution >= 0.6 is 0 Å². The summed E-state index contributed by atoms with van der Waals surface area (Å²) in [5, 5.41) is 32.9. The van der Waals surface area contributed by atoms with E-state index in [4.69, 9.17) is 21.7 Å². The molecule has 26 heavy (non-hydrogen) atoms. The molecule has 4 unspecified atom stereocenters. The summed E-state index contributed by atoms with van der Waals surface area (Å²) in [6, 6.07) is -5.69. The van der Waals surface area contributed by atoms with Crippen molar-refractivity contribution in [2.24, 2.45) is 11.5 Å². The zero-order valence-corrected chi connectivity index (χ0v) is 14.0. The average molecular weight is 377 g/mol. The molecule has 13 nitrogen and oxygen atoms in total. The molecule has 0 saturated heterocycles. The van der Waals surface area contributed by atoms with Crippen LogP contribution in [0.4, 0.5) is 0 Å². The molecular formula is C13H23N5O8. The van der Waals surface area contributed by atoms with Gasteiger partial charge < -0.3 is 42.7 Å². The Morgan fingerprint density at radius 2 is 1.38 bits per heavy atom. The predicted molar refractivity (Wildman–Crippen MR) is 85.1 cm³/mol. The number of hydrogen-bond donors (Lipinski definition) is 8. The van der Waals surface area contributed by atoms with Gasteiger partial charge in [0.15, 0.2) is 0 Å². The minimum Gasteiger partial charge on any atom is -0.480 e. The second-order valence-electron chi connectivity index (χ2n) is 5.33. The highest BCUT2D eigenvalue weighted by molar-refractivity contribution is 5.96. The molecule has 10 N–H and O–H groups in total. The summed E-state index contributed by atoms with van der Waals surface area (Å²) in [5.41, 5.74) is 10.3. The van der Waals surface area contributed by atoms with Crippen LogP contribution in [0.25, 0.3) is 0 Å². The molecule has 0 spiro atoms. The number of carboxylic acid groups (broad SMARTS) is 1. The van der Waals surface area contributed by atoms with E-state index in [1.807, 2.05) is 5.32 Å². The molecular weight excluding hydrogens is 354 g/mol. The van der Waals surface area contributed by atoms with E-state index in [0.717, 1.165) is 0 Å². The van der Waals surface area contributed by atoms with Crippen LogP contribution in [0, 0.1) is 0 Å². The van der Waals surface area contributed by atoms with Crippen molar-refractivity contribution in [1.29, 1.82) is 0 Å². The van der Waals surface area contributed by atoms with Crippen molar-refractivity contribution in [3.05, 3.63) is 0 Å². The van der Waals surface area contributed by atoms with Gasteiger partial charge in [-0.1, -0.05) is 0 Å². The van der Waals surface area contributed by atoms with Gasteiger partial charge in [-0.25, -0.2) is 0 Å². The van der Waals surface area contributed by atoms with Gasteiger partial charge in [0.25, 0.3) is 0 Å². The number of hydrogen-bond acceptors (Lipinski definition) is 8. The fourth-order valence-corrected chi connectivity index (χ4v) is 1.61. The number of nitrogens with one attached hydrogen (secondary N) is 3. The van der Waals surface area contributed by atoms with Gasteiger partial charge >= 0.3 is 5.97 Å². The van der Waals surface area contributed by atoms with E-state index in [-0.39, 0.29) is 0 Å². The van der Waals surface area contributed by atoms with Crippen LogP contribution in [-0.2, 0) is 24.0 Å². The van der Waals surface area contributed by atoms with E-state index in [1.54, 1.807) is 0 Å². The Labute approximate surface area is 148 Å². The molecule has 4 amide bonds. The molecule has 0 aromatic heterocycles. The summed E-state index contributed by atoms with van der Waals surface area (Å²) in [6.45, 7) is -0.425. The van der Waals surface area contributed by atoms with E-state index in [2.05, 4.69) is 10.6 Å². The third-order valence-corrected chi connectivity index (χ3v) is 3.12. The summed E-state index contributed by atoms with van der Waals surface area (Å²) in [5.74, 6) is -5.27. The molecule has 0 aromatic rings. The first-order valence-corrected chi connectivity index (χ1v) is 7.43. The maximum Gasteiger partial charge on any atom is 0.325 e. The lowest BCUT2D eigenvalue weighted by molar-refractivity contribution is -0.142. The molecule has 148 valence electrons. The van der Waals surface area contributed by atoms with Crippen LogP contribution in [0.2, 0.25) is 0 Å². The molecule has 0 radical (unpaired) electrons. The first kappa shape index (κ1) is 23.2. The number of primary amides is 1. The highest BCUT2D eigenvalue weighted by atomic mass is 16.4. The zero-order chi connectivity index (χ0) is 20.4. The number of aliphatic hydroxyl groups is 2. The van der Waals surface area contributed by atoms with E-state index in [1.165, 1.54) is 6.92 Å². The van der Waals surface area contributed by atoms with Crippen molar-refractivity contribution in [2.45, 2.75) is 37.5 Å². The first-order chi connectivity index (χ1) is 12.0. The van der Waals surface area contributed by atoms with Crippen molar-refractivity contribution in [3.63, 3.8) is 0 Å². The van der Waals surface area contributed by atoms with Crippen LogP contribution in [-0.4, -0.2) is 82.3 Å². The number of aliphatic hydroxyl groups excluding tert-OH is 2. The summed E-state index contributed by atoms with van der Waals surface area (Å²) in [4.78, 5) is 57.5. The minimum absolute atomic E-state index is 0.638. The lowest BCUT2D eigenvalue weighted by atomic mass is 10.1. The third kappa shape index (κ3) is 7.87. The Hall–Kier alpha value is -2.77. The van der Waals surface area contributed by atoms with Crippen LogP contribution in [0.5, 0.6) is 0 Å². The Balaban J connectivity index is 5.07. The first-order valence-electron chi connectivity index (χ1n) is 7.43. The van der Waals surface area contributed by atoms with Crippen LogP contribution < -0.4 is 27.4 Å². The van der Waals surface area contributed by atoms with Gasteiger partial charge in [0, 0.05) is 0 Å². The normalized spacial score (nSPS) is 15.1. The topological polar surface area (TPSA) is 234 Å². The molecule has 0 aromatic carbocycles. The lowest BCUT2D eigenvalue weighted by Gasteiger charge is -2.22. The monoisotopic (exact) mass is 377 g/mol. The number of carboxylic acids is 1. The maximum absolute atomic E-state index is 12.2. The third-order valence-electron chi connectivity index (χ3n) is 3.12. The summed E-state index contributed by atoms with van der Waals surface area (Å²) in [6.07, 6.45) is -0.638. The standard InChI is InChI=1S/C13H23N5O8/c1-5(13(25)26)16-12(24)8(4-20)18-11(23)7(2-9(15)21)17-10(22)6(14)3-19/h5-8,19-20H,2-4,14H2,1H3,(H2,15,21)(H,16,24)(H,17,22)(H,18,23)(H,25,26). The predicted octanol–water partition coefficient (Wildman–Crippen LogP) is -5.27. The molecule has 0 aliphatic heterocycles. The van der Waals surface area contributed by atoms with Gasteiger partial charge in [0.2, 0.25) is 23.6 Å². The molecule has 0 rings (SSSR count). The van der Waals surface area contributed by atoms with Crippen molar-refractivity contribution >= 4 is 29.6 Å². The van der Waals surface area contributed by atoms with E-state index >= 15 is 0 Å². The second kappa shape index (κ2) is 11.0. The van der Waals surface area contributed by atoms with Gasteiger partial charge in [0.1, 0.15) is 24.2 Å². The van der Waals surface area contributed by atoms with Crippen molar-refractivity contribution in [1.82, 2.24) is 16.0 Å². The number of amides is 4. The molecule has 4 atom stereocenters. The van der Waals surface area contributed by atoms with E-state index in [9.17, 15) is 29.1 Å². The molecule has 0 bridgehead atoms. The van der Waals surface area contributed by atoms with Crippen LogP contribution in [0.1, 0.15) is 13.3 Å². The number of aliphatic carboxylic acids is 1. The van der Waals surface area contributed by atoms with Gasteiger partial charge in [-0.3, -0.25) is 24.0 Å². The Bertz CT molecular complexity index is 555. The Morgan fingerprint density at radius 1 is 0.885 bits per heavy atom. The molecule has 0 aliphatic rings. The highest BCUT2D eigenvalue weighted by Crippen LogP contribution is 1.96. The van der Waals surface area contributed by atoms with Gasteiger partial charge in [-0.05, 0) is 6.92 Å². The number of carbonyl (C=O) groups excluding carboxylic acids is 4. The summed E-state index contributed by atoms with van der Waals surface area (Å²) in [7, 11) is 0. The maximum atomic E-state index is 12.2. The summed E-state index contributed by atoms with van der Waals surface area (Å²) < 4.78 is 0. The van der Waals surface area contributed by atoms with Crippen molar-refractivity contribution < 1.29 is 39.3 Å². The minimum atomic E-state index is -1.54. The Morgan fingerprint density at radius 3 is 1.81 bits per heavy atom. The highest BCUT2D eigenvalue weighted by Gasteiger charge is 2.29. The van der Waals surface area contributed by atoms with E-state index < -0.39 is 73.4 Å². The Kier molecular flexibility index (Phi) is 9.80. The number of rotatable bonds is 11. The van der Waals surface area contributed by atoms with Gasteiger partial charge in [0.05, 0.1) is 19.6 Å². The van der Waals surface area contributed by atoms with E-state index in [0.29, 0.717) is 0 Å². The van der Waals surface area contributed by atoms with Gasteiger partial charge in [-0.2, -0.15) is 0 Å². The molecule has 0 fully saturated rings. The molecule has 0 saturated carbocycles. The molecule has 0 heterocycles. The fraction of sp³-hybridized carbons (Fsp3) is 0.615. The van der Waals surface area contributed by atoms with Crippen molar-refractivity contribution in [2.75, 3.05) is 13.2 Å². The molecule has 0 aliphatic carbocycles. The fourth-order valence-electron chi connectivity index (χ4n) is 1.61. The SMILES string of the molecule is CC(NC(=O)C(CO)NC(=O)C(CC(N)=O)NC(=O)C(N)CO)C(=O)O. The average Bonchev–Trinajstić information content (AvgIpc) is 2.56. The van der Waals surface area contributed by atoms with Crippen molar-refractivity contribution in [3.8, 4) is 0 Å². The lowest BCUT2D eigenvalue weighted by Crippen LogP contribution is -2.58. The van der Waals surface area contributed by atoms with Crippen LogP contribution in [0.15, 0.2) is 0 Å². The number of carbonyl (C=O) groups is 5. The quantitative estimate of drug-likeness (QED) is 0.171. The number of nitrogens with two attached hydrogens (primary N) is 2. The smallest absolute Gasteiger partial charge is 0.325 e. The summed E-state index contributed by atoms with van der Waals surface area (Å²) >= 11 is 0. The molecule has 13 heteroatoms. The zero-order valence-electron chi connectivity index (χ0n) is 14.0. The second-order valence-corrected chi connectivity index (χ2v) is 5.33. The van der Waals surface area contributed by atoms with Gasteiger partial charge in [-0.15, -0.1) is 0 Å². The van der Waals surface area contributed by atoms with Crippen LogP contribution in [0.3, 0.4) is 0 Å². The largest absolute Gasteiger partial charge is 0.480 e.